The predicted molar refractivity (Wildman–Crippen MR) is 68.0 cm³/mol. The van der Waals surface area contributed by atoms with Gasteiger partial charge < -0.3 is 15.6 Å². The van der Waals surface area contributed by atoms with Crippen molar-refractivity contribution in [1.82, 2.24) is 19.9 Å². The van der Waals surface area contributed by atoms with Crippen LogP contribution in [0.5, 0.6) is 0 Å². The lowest BCUT2D eigenvalue weighted by molar-refractivity contribution is 0.0949. The molecule has 0 saturated heterocycles. The van der Waals surface area contributed by atoms with Crippen molar-refractivity contribution in [2.24, 2.45) is 7.05 Å². The summed E-state index contributed by atoms with van der Waals surface area (Å²) < 4.78 is 1.82. The van der Waals surface area contributed by atoms with Gasteiger partial charge in [-0.15, -0.1) is 0 Å². The monoisotopic (exact) mass is 265 g/mol. The summed E-state index contributed by atoms with van der Waals surface area (Å²) in [6.07, 6.45) is 4.82. The van der Waals surface area contributed by atoms with Crippen molar-refractivity contribution in [3.05, 3.63) is 41.1 Å². The summed E-state index contributed by atoms with van der Waals surface area (Å²) in [4.78, 5) is 19.8. The zero-order valence-corrected chi connectivity index (χ0v) is 10.5. The Balaban J connectivity index is 2.08. The predicted octanol–water partition coefficient (Wildman–Crippen LogP) is 0.981. The Morgan fingerprint density at radius 1 is 1.56 bits per heavy atom. The Bertz CT molecular complexity index is 581. The number of amides is 1. The number of hydrogen-bond donors (Lipinski definition) is 2. The fourth-order valence-corrected chi connectivity index (χ4v) is 1.64. The van der Waals surface area contributed by atoms with Gasteiger partial charge in [-0.05, 0) is 6.07 Å². The summed E-state index contributed by atoms with van der Waals surface area (Å²) >= 11 is 5.88. The van der Waals surface area contributed by atoms with Crippen LogP contribution in [0.25, 0.3) is 0 Å². The number of nitrogens with one attached hydrogen (secondary N) is 1. The fourth-order valence-electron chi connectivity index (χ4n) is 1.45. The van der Waals surface area contributed by atoms with Gasteiger partial charge in [-0.25, -0.2) is 9.97 Å². The first kappa shape index (κ1) is 12.4. The van der Waals surface area contributed by atoms with E-state index in [2.05, 4.69) is 15.3 Å². The number of halogens is 1. The molecule has 0 aliphatic heterocycles. The first-order chi connectivity index (χ1) is 8.58. The lowest BCUT2D eigenvalue weighted by atomic mass is 10.2. The van der Waals surface area contributed by atoms with Crippen LogP contribution in [0.2, 0.25) is 5.02 Å². The third kappa shape index (κ3) is 2.60. The molecule has 0 bridgehead atoms. The number of aromatic nitrogens is 3. The second kappa shape index (κ2) is 5.05. The SMILES string of the molecule is Cn1ccnc1CNC(=O)c1cc(N)ncc1Cl. The number of imidazole rings is 1. The van der Waals surface area contributed by atoms with Crippen LogP contribution in [0.3, 0.4) is 0 Å². The van der Waals surface area contributed by atoms with E-state index in [1.807, 2.05) is 11.6 Å². The molecule has 2 aromatic heterocycles. The van der Waals surface area contributed by atoms with Gasteiger partial charge in [0.15, 0.2) is 0 Å². The number of nitrogens with zero attached hydrogens (tertiary/aromatic N) is 3. The molecule has 2 rings (SSSR count). The van der Waals surface area contributed by atoms with Gasteiger partial charge in [0.05, 0.1) is 17.1 Å². The van der Waals surface area contributed by atoms with Crippen LogP contribution in [-0.4, -0.2) is 20.4 Å². The Labute approximate surface area is 109 Å². The molecule has 0 spiro atoms. The van der Waals surface area contributed by atoms with E-state index >= 15 is 0 Å². The molecule has 0 aliphatic rings. The van der Waals surface area contributed by atoms with Gasteiger partial charge in [0, 0.05) is 25.6 Å². The minimum atomic E-state index is -0.308. The van der Waals surface area contributed by atoms with Gasteiger partial charge >= 0.3 is 0 Å². The highest BCUT2D eigenvalue weighted by Gasteiger charge is 2.11. The van der Waals surface area contributed by atoms with E-state index < -0.39 is 0 Å². The molecule has 18 heavy (non-hydrogen) atoms. The molecule has 2 heterocycles. The third-order valence-electron chi connectivity index (χ3n) is 2.45. The van der Waals surface area contributed by atoms with Crippen molar-refractivity contribution in [2.45, 2.75) is 6.54 Å². The van der Waals surface area contributed by atoms with Crippen LogP contribution in [-0.2, 0) is 13.6 Å². The first-order valence-electron chi connectivity index (χ1n) is 5.23. The van der Waals surface area contributed by atoms with E-state index in [1.165, 1.54) is 12.3 Å². The number of anilines is 1. The molecule has 94 valence electrons. The van der Waals surface area contributed by atoms with Crippen molar-refractivity contribution in [3.8, 4) is 0 Å². The summed E-state index contributed by atoms with van der Waals surface area (Å²) in [5.74, 6) is 0.695. The molecule has 2 aromatic rings. The maximum atomic E-state index is 11.9. The van der Waals surface area contributed by atoms with Crippen LogP contribution >= 0.6 is 11.6 Å². The lowest BCUT2D eigenvalue weighted by Crippen LogP contribution is -2.24. The quantitative estimate of drug-likeness (QED) is 0.866. The Kier molecular flexibility index (Phi) is 3.47. The lowest BCUT2D eigenvalue weighted by Gasteiger charge is -2.07. The molecule has 0 unspecified atom stereocenters. The Morgan fingerprint density at radius 2 is 2.33 bits per heavy atom. The van der Waals surface area contributed by atoms with Crippen molar-refractivity contribution < 1.29 is 4.79 Å². The minimum Gasteiger partial charge on any atom is -0.384 e. The van der Waals surface area contributed by atoms with Crippen molar-refractivity contribution in [1.29, 1.82) is 0 Å². The molecule has 7 heteroatoms. The van der Waals surface area contributed by atoms with E-state index in [9.17, 15) is 4.79 Å². The highest BCUT2D eigenvalue weighted by Crippen LogP contribution is 2.16. The molecule has 0 radical (unpaired) electrons. The van der Waals surface area contributed by atoms with E-state index in [0.29, 0.717) is 12.1 Å². The first-order valence-corrected chi connectivity index (χ1v) is 5.61. The largest absolute Gasteiger partial charge is 0.384 e. The standard InChI is InChI=1S/C11H12ClN5O/c1-17-3-2-14-10(17)6-16-11(18)7-4-9(13)15-5-8(7)12/h2-5H,6H2,1H3,(H2,13,15)(H,16,18). The summed E-state index contributed by atoms with van der Waals surface area (Å²) in [5, 5.41) is 2.99. The zero-order chi connectivity index (χ0) is 13.1. The molecular weight excluding hydrogens is 254 g/mol. The van der Waals surface area contributed by atoms with Gasteiger partial charge in [-0.1, -0.05) is 11.6 Å². The van der Waals surface area contributed by atoms with Gasteiger partial charge in [0.2, 0.25) is 0 Å². The smallest absolute Gasteiger partial charge is 0.253 e. The molecule has 0 saturated carbocycles. The van der Waals surface area contributed by atoms with E-state index in [4.69, 9.17) is 17.3 Å². The number of hydrogen-bond acceptors (Lipinski definition) is 4. The average molecular weight is 266 g/mol. The Morgan fingerprint density at radius 3 is 3.00 bits per heavy atom. The normalized spacial score (nSPS) is 10.3. The van der Waals surface area contributed by atoms with Crippen molar-refractivity contribution >= 4 is 23.3 Å². The van der Waals surface area contributed by atoms with Crippen LogP contribution in [0.1, 0.15) is 16.2 Å². The number of carbonyl (C=O) groups is 1. The van der Waals surface area contributed by atoms with Crippen LogP contribution in [0, 0.1) is 0 Å². The maximum Gasteiger partial charge on any atom is 0.253 e. The molecule has 0 fully saturated rings. The van der Waals surface area contributed by atoms with E-state index in [-0.39, 0.29) is 16.7 Å². The zero-order valence-electron chi connectivity index (χ0n) is 9.72. The topological polar surface area (TPSA) is 85.8 Å². The van der Waals surface area contributed by atoms with Crippen LogP contribution in [0.4, 0.5) is 5.82 Å². The minimum absolute atomic E-state index is 0.251. The molecule has 0 aromatic carbocycles. The molecule has 1 amide bonds. The molecule has 6 nitrogen and oxygen atoms in total. The van der Waals surface area contributed by atoms with Gasteiger partial charge in [0.25, 0.3) is 5.91 Å². The van der Waals surface area contributed by atoms with E-state index in [0.717, 1.165) is 5.82 Å². The van der Waals surface area contributed by atoms with Crippen molar-refractivity contribution in [3.63, 3.8) is 0 Å². The van der Waals surface area contributed by atoms with Gasteiger partial charge in [0.1, 0.15) is 11.6 Å². The summed E-state index contributed by atoms with van der Waals surface area (Å²) in [5.41, 5.74) is 5.82. The molecule has 0 aliphatic carbocycles. The number of rotatable bonds is 3. The number of nitrogens with two attached hydrogens (primary N) is 1. The highest BCUT2D eigenvalue weighted by molar-refractivity contribution is 6.33. The highest BCUT2D eigenvalue weighted by atomic mass is 35.5. The van der Waals surface area contributed by atoms with Crippen molar-refractivity contribution in [2.75, 3.05) is 5.73 Å². The number of carbonyl (C=O) groups excluding carboxylic acids is 1. The Hall–Kier alpha value is -2.08. The summed E-state index contributed by atoms with van der Waals surface area (Å²) in [6.45, 7) is 0.320. The number of aryl methyl sites for hydroxylation is 1. The number of nitrogen functional groups attached to an aromatic ring is 1. The second-order valence-electron chi connectivity index (χ2n) is 3.73. The fraction of sp³-hybridized carbons (Fsp3) is 0.182. The van der Waals surface area contributed by atoms with Gasteiger partial charge in [-0.2, -0.15) is 0 Å². The summed E-state index contributed by atoms with van der Waals surface area (Å²) in [6, 6.07) is 1.44. The van der Waals surface area contributed by atoms with Gasteiger partial charge in [-0.3, -0.25) is 4.79 Å². The van der Waals surface area contributed by atoms with E-state index in [1.54, 1.807) is 12.4 Å². The summed E-state index contributed by atoms with van der Waals surface area (Å²) in [7, 11) is 1.85. The van der Waals surface area contributed by atoms with Crippen LogP contribution < -0.4 is 11.1 Å². The maximum absolute atomic E-state index is 11.9. The second-order valence-corrected chi connectivity index (χ2v) is 4.13. The molecular formula is C11H12ClN5O. The molecule has 0 atom stereocenters. The average Bonchev–Trinajstić information content (AvgIpc) is 2.75. The van der Waals surface area contributed by atoms with Crippen LogP contribution in [0.15, 0.2) is 24.7 Å². The third-order valence-corrected chi connectivity index (χ3v) is 2.75. The molecule has 3 N–H and O–H groups in total. The number of pyridine rings is 1.